The smallest absolute Gasteiger partial charge is 0.358 e. The van der Waals surface area contributed by atoms with E-state index in [-0.39, 0.29) is 142 Å². The summed E-state index contributed by atoms with van der Waals surface area (Å²) in [6, 6.07) is 0. The van der Waals surface area contributed by atoms with Gasteiger partial charge in [0, 0.05) is 112 Å². The molecular weight excluding hydrogens is 1190 g/mol. The Hall–Kier alpha value is 4.44. The number of hydrogen-bond acceptors (Lipinski definition) is 0. The minimum absolute atomic E-state index is 0. The van der Waals surface area contributed by atoms with E-state index in [0.29, 0.717) is 0 Å². The van der Waals surface area contributed by atoms with Crippen molar-refractivity contribution in [1.82, 2.24) is 0 Å². The fourth-order valence-corrected chi connectivity index (χ4v) is 0. The molecule has 5 radical (unpaired) electrons. The minimum atomic E-state index is 0. The summed E-state index contributed by atoms with van der Waals surface area (Å²) in [5, 5.41) is 0. The molecule has 0 amide bonds. The zero-order chi connectivity index (χ0) is 0. The Labute approximate surface area is 139 Å². The maximum absolute atomic E-state index is 0. The maximum atomic E-state index is 0. The first-order chi connectivity index (χ1) is 0. The van der Waals surface area contributed by atoms with Gasteiger partial charge >= 0.3 is 22.4 Å². The van der Waals surface area contributed by atoms with Crippen molar-refractivity contribution in [3.63, 3.8) is 0 Å². The first-order valence-electron chi connectivity index (χ1n) is 0. The van der Waals surface area contributed by atoms with E-state index >= 15 is 0 Å². The standard InChI is InChI=1S/CH3.6Au/h1H3;;;;;;/q-1;;;;;;+1. The van der Waals surface area contributed by atoms with Gasteiger partial charge in [-0.2, -0.15) is 0 Å². The van der Waals surface area contributed by atoms with Crippen molar-refractivity contribution in [3.8, 4) is 0 Å². The molecule has 0 aromatic rings. The topological polar surface area (TPSA) is 0 Å². The van der Waals surface area contributed by atoms with Crippen LogP contribution in [0.3, 0.4) is 0 Å². The van der Waals surface area contributed by atoms with Crippen molar-refractivity contribution < 1.29 is 134 Å². The molecule has 73 valence electrons. The molecule has 0 aliphatic rings. The van der Waals surface area contributed by atoms with Gasteiger partial charge in [0.25, 0.3) is 0 Å². The summed E-state index contributed by atoms with van der Waals surface area (Å²) in [5.41, 5.74) is 0. The Bertz CT molecular complexity index is 4.14. The van der Waals surface area contributed by atoms with Crippen molar-refractivity contribution in [3.05, 3.63) is 7.43 Å². The van der Waals surface area contributed by atoms with Crippen LogP contribution in [0.1, 0.15) is 0 Å². The van der Waals surface area contributed by atoms with E-state index in [1.165, 1.54) is 0 Å². The molecule has 0 aromatic heterocycles. The van der Waals surface area contributed by atoms with E-state index in [4.69, 9.17) is 0 Å². The molecule has 0 saturated heterocycles. The third-order valence-corrected chi connectivity index (χ3v) is 0. The van der Waals surface area contributed by atoms with Crippen molar-refractivity contribution >= 4 is 0 Å². The van der Waals surface area contributed by atoms with E-state index < -0.39 is 0 Å². The molecule has 0 unspecified atom stereocenters. The predicted molar refractivity (Wildman–Crippen MR) is 6.41 cm³/mol. The summed E-state index contributed by atoms with van der Waals surface area (Å²) in [4.78, 5) is 0. The maximum Gasteiger partial charge on any atom is 1.00 e. The Morgan fingerprint density at radius 3 is 0.429 bits per heavy atom. The second-order valence-corrected chi connectivity index (χ2v) is 0. The van der Waals surface area contributed by atoms with E-state index in [0.717, 1.165) is 0 Å². The van der Waals surface area contributed by atoms with Gasteiger partial charge in [-0.15, -0.1) is 0 Å². The predicted octanol–water partition coefficient (Wildman–Crippen LogP) is 0.435. The van der Waals surface area contributed by atoms with E-state index in [1.807, 2.05) is 0 Å². The molecule has 7 heavy (non-hydrogen) atoms. The molecule has 6 heteroatoms. The van der Waals surface area contributed by atoms with Crippen molar-refractivity contribution in [2.75, 3.05) is 0 Å². The molecule has 0 aliphatic carbocycles. The van der Waals surface area contributed by atoms with E-state index in [9.17, 15) is 0 Å². The van der Waals surface area contributed by atoms with Crippen LogP contribution >= 0.6 is 0 Å². The SMILES string of the molecule is [Au+].[Au].[Au].[Au].[Au].[Au].[CH3-]. The van der Waals surface area contributed by atoms with Gasteiger partial charge in [-0.25, -0.2) is 0 Å². The number of rotatable bonds is 0. The summed E-state index contributed by atoms with van der Waals surface area (Å²) in [6.45, 7) is 0. The van der Waals surface area contributed by atoms with Crippen LogP contribution in [0.4, 0.5) is 0 Å². The molecule has 0 aromatic carbocycles. The zero-order valence-electron chi connectivity index (χ0n) is 2.81. The van der Waals surface area contributed by atoms with Crippen LogP contribution in [0.5, 0.6) is 0 Å². The molecule has 0 aliphatic heterocycles. The molecule has 0 N–H and O–H groups in total. The molecule has 0 heterocycles. The summed E-state index contributed by atoms with van der Waals surface area (Å²) >= 11 is 0. The summed E-state index contributed by atoms with van der Waals surface area (Å²) in [5.74, 6) is 0. The van der Waals surface area contributed by atoms with Gasteiger partial charge in [-0.3, -0.25) is 0 Å². The van der Waals surface area contributed by atoms with Crippen LogP contribution in [-0.4, -0.2) is 0 Å². The Morgan fingerprint density at radius 1 is 0.429 bits per heavy atom. The van der Waals surface area contributed by atoms with Crippen molar-refractivity contribution in [1.29, 1.82) is 0 Å². The summed E-state index contributed by atoms with van der Waals surface area (Å²) in [6.07, 6.45) is 0. The Morgan fingerprint density at radius 2 is 0.429 bits per heavy atom. The van der Waals surface area contributed by atoms with Gasteiger partial charge in [0.15, 0.2) is 0 Å². The molecule has 0 fully saturated rings. The average Bonchev–Trinajstić information content (AvgIpc) is 0. The van der Waals surface area contributed by atoms with Gasteiger partial charge in [-0.05, 0) is 0 Å². The second kappa shape index (κ2) is 47.2. The average molecular weight is 1200 g/mol. The third-order valence-electron chi connectivity index (χ3n) is 0. The van der Waals surface area contributed by atoms with Crippen LogP contribution < -0.4 is 0 Å². The molecule has 0 saturated carbocycles. The quantitative estimate of drug-likeness (QED) is 0.245. The molecule has 0 spiro atoms. The van der Waals surface area contributed by atoms with Crippen LogP contribution in [0.2, 0.25) is 0 Å². The van der Waals surface area contributed by atoms with Crippen LogP contribution in [0.15, 0.2) is 0 Å². The van der Waals surface area contributed by atoms with Gasteiger partial charge in [0.1, 0.15) is 0 Å². The zero-order valence-corrected chi connectivity index (χ0v) is 15.8. The first-order valence-corrected chi connectivity index (χ1v) is 0. The van der Waals surface area contributed by atoms with Crippen molar-refractivity contribution in [2.24, 2.45) is 0 Å². The first kappa shape index (κ1) is 63.2. The fraction of sp³-hybridized carbons (Fsp3) is 0. The Kier molecular flexibility index (Phi) is 426. The van der Waals surface area contributed by atoms with E-state index in [1.54, 1.807) is 0 Å². The third kappa shape index (κ3) is 37.7. The number of hydrogen-bond donors (Lipinski definition) is 0. The van der Waals surface area contributed by atoms with Crippen LogP contribution in [0, 0.1) is 7.43 Å². The monoisotopic (exact) mass is 1200 g/mol. The van der Waals surface area contributed by atoms with Gasteiger partial charge in [0.2, 0.25) is 0 Å². The molecule has 0 rings (SSSR count). The summed E-state index contributed by atoms with van der Waals surface area (Å²) in [7, 11) is 0. The van der Waals surface area contributed by atoms with E-state index in [2.05, 4.69) is 0 Å². The van der Waals surface area contributed by atoms with Crippen LogP contribution in [0.25, 0.3) is 0 Å². The summed E-state index contributed by atoms with van der Waals surface area (Å²) < 4.78 is 0. The van der Waals surface area contributed by atoms with Gasteiger partial charge in [0.05, 0.1) is 0 Å². The van der Waals surface area contributed by atoms with Gasteiger partial charge in [-0.1, -0.05) is 0 Å². The van der Waals surface area contributed by atoms with Gasteiger partial charge < -0.3 is 7.43 Å². The minimum Gasteiger partial charge on any atom is -0.358 e. The van der Waals surface area contributed by atoms with Crippen LogP contribution in [-0.2, 0) is 134 Å². The normalized spacial score (nSPS) is 0. The van der Waals surface area contributed by atoms with Crippen molar-refractivity contribution in [2.45, 2.75) is 0 Å². The molecule has 0 atom stereocenters. The fourth-order valence-electron chi connectivity index (χ4n) is 0. The molecule has 0 nitrogen and oxygen atoms in total. The molecular formula is CH3Au6. The largest absolute Gasteiger partial charge is 1.00 e. The second-order valence-electron chi connectivity index (χ2n) is 0. The molecule has 0 bridgehead atoms. The Balaban J connectivity index is 0.